The molecule has 0 aliphatic carbocycles. The van der Waals surface area contributed by atoms with Gasteiger partial charge in [0.05, 0.1) is 0 Å². The molecule has 2 rings (SSSR count). The predicted octanol–water partition coefficient (Wildman–Crippen LogP) is 4.69. The smallest absolute Gasteiger partial charge is 0.405 e. The lowest BCUT2D eigenvalue weighted by atomic mass is 10.0. The lowest BCUT2D eigenvalue weighted by Gasteiger charge is -2.14. The molecule has 0 spiro atoms. The number of nitrogens with two attached hydrogens (primary N) is 1. The summed E-state index contributed by atoms with van der Waals surface area (Å²) in [5.41, 5.74) is 7.70. The molecule has 0 saturated heterocycles. The highest BCUT2D eigenvalue weighted by atomic mass is 35.5. The maximum Gasteiger partial charge on any atom is 0.573 e. The fourth-order valence-electron chi connectivity index (χ4n) is 1.89. The van der Waals surface area contributed by atoms with Crippen LogP contribution in [0.3, 0.4) is 0 Å². The van der Waals surface area contributed by atoms with Gasteiger partial charge in [0, 0.05) is 11.6 Å². The lowest BCUT2D eigenvalue weighted by Crippen LogP contribution is -2.17. The fraction of sp³-hybridized carbons (Fsp3) is 0.200. The van der Waals surface area contributed by atoms with Crippen molar-refractivity contribution in [2.24, 2.45) is 5.73 Å². The van der Waals surface area contributed by atoms with Gasteiger partial charge < -0.3 is 10.5 Å². The Morgan fingerprint density at radius 3 is 2.10 bits per heavy atom. The molecule has 0 unspecified atom stereocenters. The number of benzene rings is 2. The maximum absolute atomic E-state index is 12.4. The van der Waals surface area contributed by atoms with Crippen molar-refractivity contribution in [3.8, 4) is 16.9 Å². The number of para-hydroxylation sites is 1. The first kappa shape index (κ1) is 17.3. The Labute approximate surface area is 127 Å². The third-order valence-corrected chi connectivity index (χ3v) is 2.86. The summed E-state index contributed by atoms with van der Waals surface area (Å²) in [7, 11) is 0. The van der Waals surface area contributed by atoms with Crippen molar-refractivity contribution >= 4 is 12.4 Å². The SMILES string of the molecule is C[C@@H](N)c1ccc(-c2ccccc2OC(F)(F)F)cc1.Cl. The quantitative estimate of drug-likeness (QED) is 0.891. The van der Waals surface area contributed by atoms with Crippen LogP contribution in [0.1, 0.15) is 18.5 Å². The molecule has 21 heavy (non-hydrogen) atoms. The Bertz CT molecular complexity index is 582. The van der Waals surface area contributed by atoms with Gasteiger partial charge in [-0.15, -0.1) is 25.6 Å². The first-order chi connectivity index (χ1) is 9.37. The van der Waals surface area contributed by atoms with Crippen molar-refractivity contribution < 1.29 is 17.9 Å². The zero-order valence-electron chi connectivity index (χ0n) is 11.2. The molecule has 0 aliphatic heterocycles. The topological polar surface area (TPSA) is 35.2 Å². The number of alkyl halides is 3. The van der Waals surface area contributed by atoms with E-state index in [1.807, 2.05) is 6.92 Å². The molecule has 0 radical (unpaired) electrons. The number of ether oxygens (including phenoxy) is 1. The zero-order valence-corrected chi connectivity index (χ0v) is 12.0. The molecule has 114 valence electrons. The minimum absolute atomic E-state index is 0. The van der Waals surface area contributed by atoms with Crippen LogP contribution in [0.25, 0.3) is 11.1 Å². The van der Waals surface area contributed by atoms with E-state index in [1.54, 1.807) is 36.4 Å². The minimum Gasteiger partial charge on any atom is -0.405 e. The highest BCUT2D eigenvalue weighted by molar-refractivity contribution is 5.85. The first-order valence-electron chi connectivity index (χ1n) is 6.07. The van der Waals surface area contributed by atoms with Crippen LogP contribution in [0.5, 0.6) is 5.75 Å². The molecule has 2 nitrogen and oxygen atoms in total. The molecule has 0 saturated carbocycles. The molecule has 6 heteroatoms. The summed E-state index contributed by atoms with van der Waals surface area (Å²) >= 11 is 0. The van der Waals surface area contributed by atoms with E-state index >= 15 is 0 Å². The standard InChI is InChI=1S/C15H14F3NO.ClH/c1-10(19)11-6-8-12(9-7-11)13-4-2-3-5-14(13)20-15(16,17)18;/h2-10H,19H2,1H3;1H/t10-;/m1./s1. The van der Waals surface area contributed by atoms with Crippen LogP contribution in [0, 0.1) is 0 Å². The van der Waals surface area contributed by atoms with Gasteiger partial charge in [0.1, 0.15) is 5.75 Å². The second-order valence-electron chi connectivity index (χ2n) is 4.45. The van der Waals surface area contributed by atoms with E-state index in [9.17, 15) is 13.2 Å². The van der Waals surface area contributed by atoms with Gasteiger partial charge in [-0.25, -0.2) is 0 Å². The molecule has 0 heterocycles. The van der Waals surface area contributed by atoms with Crippen molar-refractivity contribution in [2.45, 2.75) is 19.3 Å². The highest BCUT2D eigenvalue weighted by Crippen LogP contribution is 2.33. The van der Waals surface area contributed by atoms with Crippen LogP contribution < -0.4 is 10.5 Å². The summed E-state index contributed by atoms with van der Waals surface area (Å²) in [5.74, 6) is -0.214. The molecule has 1 atom stereocenters. The second kappa shape index (κ2) is 6.83. The van der Waals surface area contributed by atoms with Gasteiger partial charge in [-0.3, -0.25) is 0 Å². The van der Waals surface area contributed by atoms with Crippen LogP contribution >= 0.6 is 12.4 Å². The Morgan fingerprint density at radius 1 is 1.00 bits per heavy atom. The molecule has 2 aromatic carbocycles. The van der Waals surface area contributed by atoms with Gasteiger partial charge in [-0.2, -0.15) is 0 Å². The largest absolute Gasteiger partial charge is 0.573 e. The minimum atomic E-state index is -4.71. The number of halogens is 4. The third-order valence-electron chi connectivity index (χ3n) is 2.86. The van der Waals surface area contributed by atoms with Crippen molar-refractivity contribution in [1.29, 1.82) is 0 Å². The third kappa shape index (κ3) is 4.65. The zero-order chi connectivity index (χ0) is 14.8. The summed E-state index contributed by atoms with van der Waals surface area (Å²) < 4.78 is 41.1. The summed E-state index contributed by atoms with van der Waals surface area (Å²) in [6.45, 7) is 1.84. The summed E-state index contributed by atoms with van der Waals surface area (Å²) in [4.78, 5) is 0. The predicted molar refractivity (Wildman–Crippen MR) is 78.4 cm³/mol. The van der Waals surface area contributed by atoms with Crippen LogP contribution in [-0.4, -0.2) is 6.36 Å². The summed E-state index contributed by atoms with van der Waals surface area (Å²) in [5, 5.41) is 0. The van der Waals surface area contributed by atoms with Gasteiger partial charge in [0.2, 0.25) is 0 Å². The normalized spacial score (nSPS) is 12.4. The molecule has 0 bridgehead atoms. The average molecular weight is 318 g/mol. The monoisotopic (exact) mass is 317 g/mol. The van der Waals surface area contributed by atoms with Crippen molar-refractivity contribution in [2.75, 3.05) is 0 Å². The second-order valence-corrected chi connectivity index (χ2v) is 4.45. The van der Waals surface area contributed by atoms with Crippen molar-refractivity contribution in [3.63, 3.8) is 0 Å². The van der Waals surface area contributed by atoms with Crippen LogP contribution in [-0.2, 0) is 0 Å². The highest BCUT2D eigenvalue weighted by Gasteiger charge is 2.32. The Kier molecular flexibility index (Phi) is 5.63. The summed E-state index contributed by atoms with van der Waals surface area (Å²) in [6.07, 6.45) is -4.71. The maximum atomic E-state index is 12.4. The van der Waals surface area contributed by atoms with E-state index < -0.39 is 6.36 Å². The molecular weight excluding hydrogens is 303 g/mol. The lowest BCUT2D eigenvalue weighted by molar-refractivity contribution is -0.274. The van der Waals surface area contributed by atoms with Crippen LogP contribution in [0.15, 0.2) is 48.5 Å². The van der Waals surface area contributed by atoms with Crippen LogP contribution in [0.4, 0.5) is 13.2 Å². The van der Waals surface area contributed by atoms with E-state index in [-0.39, 0.29) is 24.2 Å². The molecule has 2 aromatic rings. The van der Waals surface area contributed by atoms with Gasteiger partial charge in [0.25, 0.3) is 0 Å². The molecule has 0 aliphatic rings. The average Bonchev–Trinajstić information content (AvgIpc) is 2.37. The number of hydrogen-bond acceptors (Lipinski definition) is 2. The van der Waals surface area contributed by atoms with Crippen molar-refractivity contribution in [1.82, 2.24) is 0 Å². The molecule has 2 N–H and O–H groups in total. The van der Waals surface area contributed by atoms with Gasteiger partial charge >= 0.3 is 6.36 Å². The van der Waals surface area contributed by atoms with Gasteiger partial charge in [-0.1, -0.05) is 42.5 Å². The van der Waals surface area contributed by atoms with E-state index in [0.717, 1.165) is 5.56 Å². The molecule has 0 fully saturated rings. The molecule has 0 aromatic heterocycles. The fourth-order valence-corrected chi connectivity index (χ4v) is 1.89. The van der Waals surface area contributed by atoms with E-state index in [0.29, 0.717) is 11.1 Å². The van der Waals surface area contributed by atoms with Gasteiger partial charge in [0.15, 0.2) is 0 Å². The summed E-state index contributed by atoms with van der Waals surface area (Å²) in [6, 6.07) is 13.0. The molecule has 0 amide bonds. The number of hydrogen-bond donors (Lipinski definition) is 1. The van der Waals surface area contributed by atoms with E-state index in [2.05, 4.69) is 4.74 Å². The van der Waals surface area contributed by atoms with Crippen LogP contribution in [0.2, 0.25) is 0 Å². The van der Waals surface area contributed by atoms with Gasteiger partial charge in [-0.05, 0) is 24.1 Å². The Balaban J connectivity index is 0.00000220. The Morgan fingerprint density at radius 2 is 1.57 bits per heavy atom. The Hall–Kier alpha value is -1.72. The van der Waals surface area contributed by atoms with E-state index in [4.69, 9.17) is 5.73 Å². The van der Waals surface area contributed by atoms with E-state index in [1.165, 1.54) is 12.1 Å². The first-order valence-corrected chi connectivity index (χ1v) is 6.07. The van der Waals surface area contributed by atoms with Crippen molar-refractivity contribution in [3.05, 3.63) is 54.1 Å². The molecular formula is C15H15ClF3NO. The number of rotatable bonds is 3.